The molecule has 1 unspecified atom stereocenters. The van der Waals surface area contributed by atoms with Gasteiger partial charge in [-0.1, -0.05) is 41.1 Å². The van der Waals surface area contributed by atoms with Crippen LogP contribution in [0.3, 0.4) is 0 Å². The summed E-state index contributed by atoms with van der Waals surface area (Å²) < 4.78 is 5.10. The minimum absolute atomic E-state index is 0.0548. The van der Waals surface area contributed by atoms with Gasteiger partial charge in [-0.25, -0.2) is 0 Å². The van der Waals surface area contributed by atoms with Crippen LogP contribution in [0.15, 0.2) is 48.5 Å². The summed E-state index contributed by atoms with van der Waals surface area (Å²) in [7, 11) is 1.59. The van der Waals surface area contributed by atoms with E-state index in [0.29, 0.717) is 22.3 Å². The van der Waals surface area contributed by atoms with Crippen LogP contribution in [0.4, 0.5) is 5.69 Å². The Balaban J connectivity index is 1.57. The molecule has 2 N–H and O–H groups in total. The van der Waals surface area contributed by atoms with Gasteiger partial charge >= 0.3 is 0 Å². The van der Waals surface area contributed by atoms with Gasteiger partial charge in [0, 0.05) is 16.8 Å². The average Bonchev–Trinajstić information content (AvgIpc) is 3.16. The van der Waals surface area contributed by atoms with E-state index < -0.39 is 0 Å². The fourth-order valence-electron chi connectivity index (χ4n) is 2.45. The molecule has 1 atom stereocenters. The monoisotopic (exact) mass is 402 g/mol. The molecule has 0 aliphatic heterocycles. The van der Waals surface area contributed by atoms with E-state index in [9.17, 15) is 4.79 Å². The first-order valence-corrected chi connectivity index (χ1v) is 9.52. The summed E-state index contributed by atoms with van der Waals surface area (Å²) in [6, 6.07) is 14.8. The van der Waals surface area contributed by atoms with E-state index in [2.05, 4.69) is 20.8 Å². The second-order valence-electron chi connectivity index (χ2n) is 5.81. The number of nitrogens with zero attached hydrogens (tertiary/aromatic N) is 2. The third kappa shape index (κ3) is 5.03. The molecule has 1 heterocycles. The fraction of sp³-hybridized carbons (Fsp3) is 0.211. The van der Waals surface area contributed by atoms with Gasteiger partial charge in [-0.3, -0.25) is 4.79 Å². The van der Waals surface area contributed by atoms with E-state index >= 15 is 0 Å². The summed E-state index contributed by atoms with van der Waals surface area (Å²) in [6.07, 6.45) is 0. The zero-order valence-corrected chi connectivity index (χ0v) is 16.5. The molecule has 0 radical (unpaired) electrons. The zero-order chi connectivity index (χ0) is 19.2. The molecule has 0 fully saturated rings. The second-order valence-corrected chi connectivity index (χ2v) is 7.28. The molecule has 2 aromatic carbocycles. The molecule has 0 aliphatic carbocycles. The van der Waals surface area contributed by atoms with E-state index in [0.717, 1.165) is 16.3 Å². The van der Waals surface area contributed by atoms with Gasteiger partial charge in [-0.2, -0.15) is 0 Å². The Morgan fingerprint density at radius 3 is 2.63 bits per heavy atom. The smallest absolute Gasteiger partial charge is 0.286 e. The summed E-state index contributed by atoms with van der Waals surface area (Å²) in [5.74, 6) is 0.438. The number of ether oxygens (including phenoxy) is 1. The number of amides is 1. The summed E-state index contributed by atoms with van der Waals surface area (Å²) in [4.78, 5) is 12.3. The predicted molar refractivity (Wildman–Crippen MR) is 108 cm³/mol. The number of hydrogen-bond acceptors (Lipinski definition) is 6. The lowest BCUT2D eigenvalue weighted by molar-refractivity contribution is 0.102. The first kappa shape index (κ1) is 19.3. The summed E-state index contributed by atoms with van der Waals surface area (Å²) in [5.41, 5.74) is 1.68. The first-order valence-electron chi connectivity index (χ1n) is 8.32. The lowest BCUT2D eigenvalue weighted by Crippen LogP contribution is -2.18. The maximum absolute atomic E-state index is 12.3. The number of aromatic nitrogens is 2. The van der Waals surface area contributed by atoms with Crippen LogP contribution < -0.4 is 15.4 Å². The van der Waals surface area contributed by atoms with Crippen molar-refractivity contribution in [1.82, 2.24) is 15.5 Å². The number of benzene rings is 2. The van der Waals surface area contributed by atoms with Crippen LogP contribution >= 0.6 is 22.9 Å². The first-order chi connectivity index (χ1) is 13.1. The van der Waals surface area contributed by atoms with Crippen molar-refractivity contribution in [3.8, 4) is 5.75 Å². The van der Waals surface area contributed by atoms with Crippen LogP contribution in [0.5, 0.6) is 5.75 Å². The van der Waals surface area contributed by atoms with Crippen molar-refractivity contribution in [1.29, 1.82) is 0 Å². The van der Waals surface area contributed by atoms with E-state index in [4.69, 9.17) is 16.3 Å². The number of halogens is 1. The topological polar surface area (TPSA) is 76.1 Å². The van der Waals surface area contributed by atoms with Crippen molar-refractivity contribution in [3.63, 3.8) is 0 Å². The highest BCUT2D eigenvalue weighted by Gasteiger charge is 2.14. The molecule has 27 heavy (non-hydrogen) atoms. The van der Waals surface area contributed by atoms with Gasteiger partial charge < -0.3 is 15.4 Å². The predicted octanol–water partition coefficient (Wildman–Crippen LogP) is 4.30. The third-order valence-corrected chi connectivity index (χ3v) is 5.21. The number of carbonyl (C=O) groups is 1. The molecule has 0 saturated carbocycles. The highest BCUT2D eigenvalue weighted by Crippen LogP contribution is 2.23. The highest BCUT2D eigenvalue weighted by atomic mass is 35.5. The van der Waals surface area contributed by atoms with Gasteiger partial charge in [0.2, 0.25) is 5.01 Å². The van der Waals surface area contributed by atoms with E-state index in [1.54, 1.807) is 31.4 Å². The molecule has 1 aromatic heterocycles. The van der Waals surface area contributed by atoms with Gasteiger partial charge in [-0.15, -0.1) is 10.2 Å². The molecule has 3 aromatic rings. The molecule has 1 amide bonds. The molecule has 3 rings (SSSR count). The van der Waals surface area contributed by atoms with E-state index in [1.807, 2.05) is 31.2 Å². The molecular formula is C19H19ClN4O2S. The number of carbonyl (C=O) groups excluding carboxylic acids is 1. The van der Waals surface area contributed by atoms with Crippen LogP contribution in [-0.2, 0) is 6.54 Å². The maximum atomic E-state index is 12.3. The Labute approximate surface area is 166 Å². The van der Waals surface area contributed by atoms with Crippen LogP contribution in [-0.4, -0.2) is 23.2 Å². The zero-order valence-electron chi connectivity index (χ0n) is 14.9. The largest absolute Gasteiger partial charge is 0.497 e. The number of nitrogens with one attached hydrogen (secondary N) is 2. The van der Waals surface area contributed by atoms with Crippen molar-refractivity contribution in [2.45, 2.75) is 19.5 Å². The van der Waals surface area contributed by atoms with E-state index in [-0.39, 0.29) is 11.9 Å². The average molecular weight is 403 g/mol. The van der Waals surface area contributed by atoms with Crippen LogP contribution in [0.1, 0.15) is 33.3 Å². The minimum atomic E-state index is -0.289. The molecule has 0 saturated heterocycles. The van der Waals surface area contributed by atoms with Gasteiger partial charge in [-0.05, 0) is 42.8 Å². The summed E-state index contributed by atoms with van der Waals surface area (Å²) in [6.45, 7) is 2.53. The second kappa shape index (κ2) is 8.94. The summed E-state index contributed by atoms with van der Waals surface area (Å²) >= 11 is 7.47. The Bertz CT molecular complexity index is 914. The van der Waals surface area contributed by atoms with Crippen molar-refractivity contribution >= 4 is 34.5 Å². The van der Waals surface area contributed by atoms with Crippen molar-refractivity contribution in [2.75, 3.05) is 12.4 Å². The minimum Gasteiger partial charge on any atom is -0.497 e. The van der Waals surface area contributed by atoms with Crippen LogP contribution in [0, 0.1) is 0 Å². The standard InChI is InChI=1S/C19H19ClN4O2S/c1-12(15-5-3-4-6-16(15)20)21-11-17-23-24-19(27-17)18(25)22-13-7-9-14(26-2)10-8-13/h3-10,12,21H,11H2,1-2H3,(H,22,25). The van der Waals surface area contributed by atoms with Crippen molar-refractivity contribution in [2.24, 2.45) is 0 Å². The van der Waals surface area contributed by atoms with Gasteiger partial charge in [0.05, 0.1) is 13.7 Å². The maximum Gasteiger partial charge on any atom is 0.286 e. The Kier molecular flexibility index (Phi) is 6.39. The summed E-state index contributed by atoms with van der Waals surface area (Å²) in [5, 5.41) is 16.0. The molecule has 0 aliphatic rings. The fourth-order valence-corrected chi connectivity index (χ4v) is 3.44. The molecule has 8 heteroatoms. The van der Waals surface area contributed by atoms with Gasteiger partial charge in [0.15, 0.2) is 0 Å². The normalized spacial score (nSPS) is 11.8. The Morgan fingerprint density at radius 2 is 1.93 bits per heavy atom. The lowest BCUT2D eigenvalue weighted by atomic mass is 10.1. The van der Waals surface area contributed by atoms with E-state index in [1.165, 1.54) is 11.3 Å². The van der Waals surface area contributed by atoms with Crippen LogP contribution in [0.25, 0.3) is 0 Å². The van der Waals surface area contributed by atoms with Gasteiger partial charge in [0.1, 0.15) is 10.8 Å². The quantitative estimate of drug-likeness (QED) is 0.616. The highest BCUT2D eigenvalue weighted by molar-refractivity contribution is 7.13. The molecule has 140 valence electrons. The van der Waals surface area contributed by atoms with Crippen molar-refractivity contribution in [3.05, 3.63) is 69.1 Å². The van der Waals surface area contributed by atoms with Crippen LogP contribution in [0.2, 0.25) is 5.02 Å². The number of hydrogen-bond donors (Lipinski definition) is 2. The SMILES string of the molecule is COc1ccc(NC(=O)c2nnc(CNC(C)c3ccccc3Cl)s2)cc1. The number of methoxy groups -OCH3 is 1. The number of anilines is 1. The lowest BCUT2D eigenvalue weighted by Gasteiger charge is -2.14. The molecule has 0 spiro atoms. The molecular weight excluding hydrogens is 384 g/mol. The molecule has 6 nitrogen and oxygen atoms in total. The Hall–Kier alpha value is -2.48. The molecule has 0 bridgehead atoms. The third-order valence-electron chi connectivity index (χ3n) is 3.94. The number of rotatable bonds is 7. The van der Waals surface area contributed by atoms with Gasteiger partial charge in [0.25, 0.3) is 5.91 Å². The van der Waals surface area contributed by atoms with Crippen molar-refractivity contribution < 1.29 is 9.53 Å². The Morgan fingerprint density at radius 1 is 1.19 bits per heavy atom.